The van der Waals surface area contributed by atoms with Crippen molar-refractivity contribution in [3.05, 3.63) is 38.9 Å². The first-order valence-electron chi connectivity index (χ1n) is 9.24. The van der Waals surface area contributed by atoms with Crippen LogP contribution >= 0.6 is 11.6 Å². The van der Waals surface area contributed by atoms with Gasteiger partial charge in [0.15, 0.2) is 0 Å². The minimum Gasteiger partial charge on any atom is -0.352 e. The van der Waals surface area contributed by atoms with Gasteiger partial charge in [-0.1, -0.05) is 32.4 Å². The number of benzene rings is 1. The molecule has 1 aliphatic rings. The molecule has 0 bridgehead atoms. The Kier molecular flexibility index (Phi) is 7.18. The first-order chi connectivity index (χ1) is 12.7. The molecule has 2 amide bonds. The lowest BCUT2D eigenvalue weighted by Crippen LogP contribution is -2.52. The van der Waals surface area contributed by atoms with Crippen molar-refractivity contribution in [1.82, 2.24) is 10.6 Å². The van der Waals surface area contributed by atoms with E-state index in [9.17, 15) is 19.7 Å². The third-order valence-electron chi connectivity index (χ3n) is 5.00. The Bertz CT molecular complexity index is 715. The van der Waals surface area contributed by atoms with Crippen LogP contribution in [0.1, 0.15) is 56.8 Å². The maximum atomic E-state index is 12.7. The molecule has 0 heterocycles. The number of nitrogens with zero attached hydrogens (tertiary/aromatic N) is 1. The molecule has 7 nitrogen and oxygen atoms in total. The Labute approximate surface area is 164 Å². The van der Waals surface area contributed by atoms with Gasteiger partial charge in [0.25, 0.3) is 11.6 Å². The smallest absolute Gasteiger partial charge is 0.288 e. The topological polar surface area (TPSA) is 101 Å². The fourth-order valence-electron chi connectivity index (χ4n) is 3.25. The summed E-state index contributed by atoms with van der Waals surface area (Å²) in [7, 11) is 0. The molecule has 0 unspecified atom stereocenters. The van der Waals surface area contributed by atoms with Crippen molar-refractivity contribution in [2.75, 3.05) is 0 Å². The van der Waals surface area contributed by atoms with Crippen LogP contribution in [0.3, 0.4) is 0 Å². The maximum Gasteiger partial charge on any atom is 0.288 e. The predicted molar refractivity (Wildman–Crippen MR) is 104 cm³/mol. The fourth-order valence-corrected chi connectivity index (χ4v) is 3.44. The number of nitro groups is 1. The van der Waals surface area contributed by atoms with Crippen molar-refractivity contribution in [3.63, 3.8) is 0 Å². The molecule has 0 aromatic heterocycles. The molecule has 148 valence electrons. The molecule has 0 spiro atoms. The molecule has 8 heteroatoms. The average molecular weight is 396 g/mol. The normalized spacial score (nSPS) is 20.8. The van der Waals surface area contributed by atoms with Gasteiger partial charge in [0.05, 0.1) is 4.92 Å². The standard InChI is InChI=1S/C19H26ClN3O4/c1-11(2)17(19(25)21-14-7-4-12(3)5-8-14)22-18(24)13-6-9-15(20)16(10-13)23(26)27/h6,9-12,14,17H,4-5,7-8H2,1-3H3,(H,21,25)(H,22,24)/t12?,14?,17-/m0/s1. The Hall–Kier alpha value is -2.15. The van der Waals surface area contributed by atoms with Gasteiger partial charge in [0.1, 0.15) is 11.1 Å². The van der Waals surface area contributed by atoms with Gasteiger partial charge in [0.2, 0.25) is 5.91 Å². The van der Waals surface area contributed by atoms with Crippen LogP contribution in [0.2, 0.25) is 5.02 Å². The van der Waals surface area contributed by atoms with Crippen LogP contribution in [0, 0.1) is 22.0 Å². The van der Waals surface area contributed by atoms with E-state index in [0.29, 0.717) is 5.92 Å². The number of carbonyl (C=O) groups excluding carboxylic acids is 2. The monoisotopic (exact) mass is 395 g/mol. The summed E-state index contributed by atoms with van der Waals surface area (Å²) in [5.74, 6) is -0.208. The average Bonchev–Trinajstić information content (AvgIpc) is 2.61. The molecule has 1 atom stereocenters. The predicted octanol–water partition coefficient (Wildman–Crippen LogP) is 3.70. The SMILES string of the molecule is CC1CCC(NC(=O)[C@@H](NC(=O)c2ccc(Cl)c([N+](=O)[O-])c2)C(C)C)CC1. The van der Waals surface area contributed by atoms with E-state index in [1.54, 1.807) is 0 Å². The van der Waals surface area contributed by atoms with E-state index in [1.807, 2.05) is 13.8 Å². The zero-order valence-corrected chi connectivity index (χ0v) is 16.6. The quantitative estimate of drug-likeness (QED) is 0.566. The molecule has 1 saturated carbocycles. The Morgan fingerprint density at radius 1 is 1.22 bits per heavy atom. The molecule has 0 aliphatic heterocycles. The zero-order chi connectivity index (χ0) is 20.1. The first kappa shape index (κ1) is 21.2. The molecule has 0 radical (unpaired) electrons. The third-order valence-corrected chi connectivity index (χ3v) is 5.32. The number of hydrogen-bond acceptors (Lipinski definition) is 4. The van der Waals surface area contributed by atoms with Crippen molar-refractivity contribution < 1.29 is 14.5 Å². The van der Waals surface area contributed by atoms with Gasteiger partial charge in [-0.2, -0.15) is 0 Å². The molecular weight excluding hydrogens is 370 g/mol. The minimum absolute atomic E-state index is 0.0405. The van der Waals surface area contributed by atoms with Gasteiger partial charge in [-0.3, -0.25) is 19.7 Å². The number of halogens is 1. The summed E-state index contributed by atoms with van der Waals surface area (Å²) in [6.45, 7) is 5.90. The Morgan fingerprint density at radius 2 is 1.85 bits per heavy atom. The van der Waals surface area contributed by atoms with Crippen molar-refractivity contribution >= 4 is 29.1 Å². The van der Waals surface area contributed by atoms with E-state index >= 15 is 0 Å². The Balaban J connectivity index is 2.06. The molecule has 1 aromatic rings. The molecule has 1 fully saturated rings. The second-order valence-corrected chi connectivity index (χ2v) is 7.99. The number of carbonyl (C=O) groups is 2. The fraction of sp³-hybridized carbons (Fsp3) is 0.579. The lowest BCUT2D eigenvalue weighted by molar-refractivity contribution is -0.384. The van der Waals surface area contributed by atoms with E-state index in [4.69, 9.17) is 11.6 Å². The van der Waals surface area contributed by atoms with Crippen LogP contribution in [0.15, 0.2) is 18.2 Å². The number of rotatable bonds is 6. The van der Waals surface area contributed by atoms with Gasteiger partial charge in [-0.25, -0.2) is 0 Å². The van der Waals surface area contributed by atoms with Crippen molar-refractivity contribution in [2.24, 2.45) is 11.8 Å². The highest BCUT2D eigenvalue weighted by Gasteiger charge is 2.28. The summed E-state index contributed by atoms with van der Waals surface area (Å²) in [6.07, 6.45) is 4.04. The van der Waals surface area contributed by atoms with Crippen LogP contribution in [0.4, 0.5) is 5.69 Å². The molecule has 2 N–H and O–H groups in total. The van der Waals surface area contributed by atoms with Crippen LogP contribution in [0.25, 0.3) is 0 Å². The van der Waals surface area contributed by atoms with Crippen molar-refractivity contribution in [2.45, 2.75) is 58.5 Å². The van der Waals surface area contributed by atoms with Crippen LogP contribution < -0.4 is 10.6 Å². The number of nitro benzene ring substituents is 1. The first-order valence-corrected chi connectivity index (χ1v) is 9.62. The van der Waals surface area contributed by atoms with Crippen LogP contribution in [-0.4, -0.2) is 28.8 Å². The summed E-state index contributed by atoms with van der Waals surface area (Å²) in [4.78, 5) is 35.6. The molecule has 0 saturated heterocycles. The maximum absolute atomic E-state index is 12.7. The number of nitrogens with one attached hydrogen (secondary N) is 2. The summed E-state index contributed by atoms with van der Waals surface area (Å²) in [6, 6.07) is 3.25. The van der Waals surface area contributed by atoms with Gasteiger partial charge < -0.3 is 10.6 Å². The van der Waals surface area contributed by atoms with Gasteiger partial charge >= 0.3 is 0 Å². The highest BCUT2D eigenvalue weighted by atomic mass is 35.5. The lowest BCUT2D eigenvalue weighted by Gasteiger charge is -2.29. The molecular formula is C19H26ClN3O4. The summed E-state index contributed by atoms with van der Waals surface area (Å²) < 4.78 is 0. The number of hydrogen-bond donors (Lipinski definition) is 2. The molecule has 1 aliphatic carbocycles. The lowest BCUT2D eigenvalue weighted by atomic mass is 9.87. The van der Waals surface area contributed by atoms with Crippen molar-refractivity contribution in [1.29, 1.82) is 0 Å². The van der Waals surface area contributed by atoms with E-state index in [0.717, 1.165) is 31.7 Å². The molecule has 1 aromatic carbocycles. The summed E-state index contributed by atoms with van der Waals surface area (Å²) in [5, 5.41) is 16.7. The Morgan fingerprint density at radius 3 is 2.41 bits per heavy atom. The van der Waals surface area contributed by atoms with E-state index in [2.05, 4.69) is 17.6 Å². The molecule has 2 rings (SSSR count). The van der Waals surface area contributed by atoms with E-state index < -0.39 is 16.9 Å². The summed E-state index contributed by atoms with van der Waals surface area (Å²) >= 11 is 5.78. The van der Waals surface area contributed by atoms with Gasteiger partial charge in [-0.05, 0) is 49.7 Å². The largest absolute Gasteiger partial charge is 0.352 e. The second-order valence-electron chi connectivity index (χ2n) is 7.58. The minimum atomic E-state index is -0.716. The molecule has 27 heavy (non-hydrogen) atoms. The van der Waals surface area contributed by atoms with Crippen molar-refractivity contribution in [3.8, 4) is 0 Å². The zero-order valence-electron chi connectivity index (χ0n) is 15.8. The van der Waals surface area contributed by atoms with Crippen LogP contribution in [0.5, 0.6) is 0 Å². The third kappa shape index (κ3) is 5.66. The summed E-state index contributed by atoms with van der Waals surface area (Å²) in [5.41, 5.74) is -0.248. The van der Waals surface area contributed by atoms with Gasteiger partial charge in [-0.15, -0.1) is 0 Å². The van der Waals surface area contributed by atoms with E-state index in [1.165, 1.54) is 12.1 Å². The highest BCUT2D eigenvalue weighted by molar-refractivity contribution is 6.32. The van der Waals surface area contributed by atoms with Gasteiger partial charge in [0, 0.05) is 17.7 Å². The highest BCUT2D eigenvalue weighted by Crippen LogP contribution is 2.25. The van der Waals surface area contributed by atoms with E-state index in [-0.39, 0.29) is 34.1 Å². The van der Waals surface area contributed by atoms with Crippen LogP contribution in [-0.2, 0) is 4.79 Å². The second kappa shape index (κ2) is 9.17. The number of amides is 2.